The molecule has 3 nitrogen and oxygen atoms in total. The van der Waals surface area contributed by atoms with Gasteiger partial charge < -0.3 is 11.1 Å². The largest absolute Gasteiger partial charge is 0.396 e. The maximum Gasteiger partial charge on any atom is 0.149 e. The predicted octanol–water partition coefficient (Wildman–Crippen LogP) is 3.64. The average molecular weight is 274 g/mol. The van der Waals surface area contributed by atoms with E-state index in [1.165, 1.54) is 11.3 Å². The molecule has 84 valence electrons. The Hall–Kier alpha value is -0.970. The molecule has 2 aromatic heterocycles. The number of nitrogens with one attached hydrogen (secondary N) is 1. The fourth-order valence-corrected chi connectivity index (χ4v) is 2.41. The minimum atomic E-state index is 0.530. The molecule has 6 heteroatoms. The minimum absolute atomic E-state index is 0.530. The zero-order valence-corrected chi connectivity index (χ0v) is 10.5. The standard InChI is InChI=1S/C10H9Cl2N3S/c11-6-3-8(13)10(14-4-6)15-5-7-1-2-9(12)16-7/h1-4H,5,13H2,(H,14,15). The molecule has 16 heavy (non-hydrogen) atoms. The van der Waals surface area contributed by atoms with Crippen LogP contribution in [0.2, 0.25) is 9.36 Å². The van der Waals surface area contributed by atoms with E-state index < -0.39 is 0 Å². The summed E-state index contributed by atoms with van der Waals surface area (Å²) in [6.45, 7) is 0.649. The molecule has 0 bridgehead atoms. The highest BCUT2D eigenvalue weighted by atomic mass is 35.5. The summed E-state index contributed by atoms with van der Waals surface area (Å²) in [5, 5.41) is 3.66. The first-order valence-corrected chi connectivity index (χ1v) is 6.11. The summed E-state index contributed by atoms with van der Waals surface area (Å²) in [5.74, 6) is 0.633. The molecule has 2 heterocycles. The Labute approximate surface area is 107 Å². The molecule has 0 aliphatic heterocycles. The van der Waals surface area contributed by atoms with Gasteiger partial charge in [-0.3, -0.25) is 0 Å². The molecular formula is C10H9Cl2N3S. The minimum Gasteiger partial charge on any atom is -0.396 e. The lowest BCUT2D eigenvalue weighted by molar-refractivity contribution is 1.14. The second-order valence-corrected chi connectivity index (χ2v) is 5.39. The number of hydrogen-bond acceptors (Lipinski definition) is 4. The quantitative estimate of drug-likeness (QED) is 0.898. The summed E-state index contributed by atoms with van der Waals surface area (Å²) in [7, 11) is 0. The Kier molecular flexibility index (Phi) is 3.53. The van der Waals surface area contributed by atoms with Crippen LogP contribution in [0.3, 0.4) is 0 Å². The monoisotopic (exact) mass is 273 g/mol. The predicted molar refractivity (Wildman–Crippen MR) is 70.3 cm³/mol. The molecule has 0 radical (unpaired) electrons. The number of nitrogen functional groups attached to an aromatic ring is 1. The molecule has 0 aromatic carbocycles. The number of aromatic nitrogens is 1. The van der Waals surface area contributed by atoms with Crippen molar-refractivity contribution in [1.29, 1.82) is 0 Å². The topological polar surface area (TPSA) is 50.9 Å². The number of anilines is 2. The molecular weight excluding hydrogens is 265 g/mol. The summed E-state index contributed by atoms with van der Waals surface area (Å²) < 4.78 is 0.772. The van der Waals surface area contributed by atoms with E-state index in [-0.39, 0.29) is 0 Å². The molecule has 3 N–H and O–H groups in total. The zero-order valence-electron chi connectivity index (χ0n) is 8.21. The highest BCUT2D eigenvalue weighted by molar-refractivity contribution is 7.16. The molecule has 0 aliphatic carbocycles. The van der Waals surface area contributed by atoms with Crippen molar-refractivity contribution < 1.29 is 0 Å². The van der Waals surface area contributed by atoms with Crippen LogP contribution < -0.4 is 11.1 Å². The molecule has 0 unspecified atom stereocenters. The van der Waals surface area contributed by atoms with Crippen LogP contribution in [0.4, 0.5) is 11.5 Å². The van der Waals surface area contributed by atoms with E-state index in [4.69, 9.17) is 28.9 Å². The number of halogens is 2. The van der Waals surface area contributed by atoms with E-state index in [1.54, 1.807) is 12.3 Å². The van der Waals surface area contributed by atoms with E-state index >= 15 is 0 Å². The second-order valence-electron chi connectivity index (χ2n) is 3.15. The van der Waals surface area contributed by atoms with Crippen molar-refractivity contribution in [3.05, 3.63) is 38.6 Å². The Balaban J connectivity index is 2.04. The first-order chi connectivity index (χ1) is 7.65. The first kappa shape index (κ1) is 11.5. The molecule has 0 saturated carbocycles. The highest BCUT2D eigenvalue weighted by Gasteiger charge is 2.02. The maximum absolute atomic E-state index is 5.83. The highest BCUT2D eigenvalue weighted by Crippen LogP contribution is 2.24. The third-order valence-electron chi connectivity index (χ3n) is 1.94. The van der Waals surface area contributed by atoms with Gasteiger partial charge in [0.25, 0.3) is 0 Å². The third kappa shape index (κ3) is 2.78. The summed E-state index contributed by atoms with van der Waals surface area (Å²) in [5.41, 5.74) is 6.30. The Morgan fingerprint density at radius 1 is 1.38 bits per heavy atom. The maximum atomic E-state index is 5.83. The van der Waals surface area contributed by atoms with E-state index in [2.05, 4.69) is 10.3 Å². The van der Waals surface area contributed by atoms with Gasteiger partial charge in [0.15, 0.2) is 0 Å². The molecule has 0 aliphatic rings. The normalized spacial score (nSPS) is 10.4. The second kappa shape index (κ2) is 4.91. The average Bonchev–Trinajstić information content (AvgIpc) is 2.63. The zero-order chi connectivity index (χ0) is 11.5. The number of rotatable bonds is 3. The lowest BCUT2D eigenvalue weighted by Crippen LogP contribution is -2.03. The summed E-state index contributed by atoms with van der Waals surface area (Å²) in [4.78, 5) is 5.23. The molecule has 0 amide bonds. The van der Waals surface area contributed by atoms with Gasteiger partial charge in [-0.25, -0.2) is 4.98 Å². The molecule has 0 fully saturated rings. The van der Waals surface area contributed by atoms with Crippen molar-refractivity contribution in [2.45, 2.75) is 6.54 Å². The van der Waals surface area contributed by atoms with Gasteiger partial charge in [-0.2, -0.15) is 0 Å². The van der Waals surface area contributed by atoms with Crippen LogP contribution in [-0.2, 0) is 6.54 Å². The molecule has 2 aromatic rings. The van der Waals surface area contributed by atoms with E-state index in [0.29, 0.717) is 23.1 Å². The van der Waals surface area contributed by atoms with E-state index in [1.807, 2.05) is 12.1 Å². The fourth-order valence-electron chi connectivity index (χ4n) is 1.22. The summed E-state index contributed by atoms with van der Waals surface area (Å²) in [6, 6.07) is 5.49. The molecule has 0 saturated heterocycles. The van der Waals surface area contributed by atoms with E-state index in [0.717, 1.165) is 9.21 Å². The summed E-state index contributed by atoms with van der Waals surface area (Å²) in [6.07, 6.45) is 1.56. The molecule has 0 spiro atoms. The number of thiophene rings is 1. The van der Waals surface area contributed by atoms with Crippen molar-refractivity contribution in [3.8, 4) is 0 Å². The number of hydrogen-bond donors (Lipinski definition) is 2. The Bertz CT molecular complexity index is 499. The smallest absolute Gasteiger partial charge is 0.149 e. The number of pyridine rings is 1. The van der Waals surface area contributed by atoms with Crippen LogP contribution >= 0.6 is 34.5 Å². The van der Waals surface area contributed by atoms with Crippen molar-refractivity contribution >= 4 is 46.0 Å². The van der Waals surface area contributed by atoms with Crippen LogP contribution in [0.5, 0.6) is 0 Å². The van der Waals surface area contributed by atoms with Gasteiger partial charge in [0.2, 0.25) is 0 Å². The third-order valence-corrected chi connectivity index (χ3v) is 3.38. The molecule has 2 rings (SSSR count). The van der Waals surface area contributed by atoms with Crippen LogP contribution in [-0.4, -0.2) is 4.98 Å². The van der Waals surface area contributed by atoms with Gasteiger partial charge in [-0.05, 0) is 18.2 Å². The lowest BCUT2D eigenvalue weighted by atomic mass is 10.4. The molecule has 0 atom stereocenters. The lowest BCUT2D eigenvalue weighted by Gasteiger charge is -2.06. The van der Waals surface area contributed by atoms with Crippen molar-refractivity contribution in [1.82, 2.24) is 4.98 Å². The Morgan fingerprint density at radius 3 is 2.81 bits per heavy atom. The van der Waals surface area contributed by atoms with Gasteiger partial charge in [-0.15, -0.1) is 11.3 Å². The van der Waals surface area contributed by atoms with Gasteiger partial charge >= 0.3 is 0 Å². The van der Waals surface area contributed by atoms with Crippen LogP contribution in [0, 0.1) is 0 Å². The Morgan fingerprint density at radius 2 is 2.19 bits per heavy atom. The van der Waals surface area contributed by atoms with Gasteiger partial charge in [0, 0.05) is 11.1 Å². The SMILES string of the molecule is Nc1cc(Cl)cnc1NCc1ccc(Cl)s1. The van der Waals surface area contributed by atoms with Crippen LogP contribution in [0.1, 0.15) is 4.88 Å². The van der Waals surface area contributed by atoms with Gasteiger partial charge in [-0.1, -0.05) is 23.2 Å². The van der Waals surface area contributed by atoms with Crippen molar-refractivity contribution in [3.63, 3.8) is 0 Å². The van der Waals surface area contributed by atoms with Crippen LogP contribution in [0.25, 0.3) is 0 Å². The van der Waals surface area contributed by atoms with E-state index in [9.17, 15) is 0 Å². The van der Waals surface area contributed by atoms with Gasteiger partial charge in [0.05, 0.1) is 21.6 Å². The van der Waals surface area contributed by atoms with Gasteiger partial charge in [0.1, 0.15) is 5.82 Å². The van der Waals surface area contributed by atoms with Crippen molar-refractivity contribution in [2.75, 3.05) is 11.1 Å². The number of nitrogens with two attached hydrogens (primary N) is 1. The fraction of sp³-hybridized carbons (Fsp3) is 0.100. The van der Waals surface area contributed by atoms with Crippen molar-refractivity contribution in [2.24, 2.45) is 0 Å². The summed E-state index contributed by atoms with van der Waals surface area (Å²) >= 11 is 13.1. The van der Waals surface area contributed by atoms with Crippen LogP contribution in [0.15, 0.2) is 24.4 Å². The number of nitrogens with zero attached hydrogens (tertiary/aromatic N) is 1. The first-order valence-electron chi connectivity index (χ1n) is 4.54.